The van der Waals surface area contributed by atoms with Crippen LogP contribution >= 0.6 is 15.9 Å². The molecule has 0 aliphatic heterocycles. The van der Waals surface area contributed by atoms with Crippen LogP contribution in [0.15, 0.2) is 47.2 Å². The summed E-state index contributed by atoms with van der Waals surface area (Å²) in [7, 11) is 0. The van der Waals surface area contributed by atoms with Crippen LogP contribution in [-0.4, -0.2) is 23.0 Å². The van der Waals surface area contributed by atoms with Crippen LogP contribution < -0.4 is 5.32 Å². The summed E-state index contributed by atoms with van der Waals surface area (Å²) in [6.45, 7) is 7.90. The van der Waals surface area contributed by atoms with E-state index >= 15 is 0 Å². The number of halogens is 1. The summed E-state index contributed by atoms with van der Waals surface area (Å²) < 4.78 is 5.86. The fourth-order valence-electron chi connectivity index (χ4n) is 2.10. The number of amides is 1. The number of nitrogens with zero attached hydrogens (tertiary/aromatic N) is 1. The highest BCUT2D eigenvalue weighted by Crippen LogP contribution is 2.23. The molecule has 25 heavy (non-hydrogen) atoms. The first kappa shape index (κ1) is 19.1. The monoisotopic (exact) mass is 404 g/mol. The number of pyridine rings is 1. The number of esters is 1. The van der Waals surface area contributed by atoms with E-state index in [1.807, 2.05) is 24.3 Å². The molecule has 1 aromatic carbocycles. The number of carbonyl (C=O) groups excluding carboxylic acids is 2. The lowest BCUT2D eigenvalue weighted by atomic mass is 9.87. The van der Waals surface area contributed by atoms with E-state index in [1.165, 1.54) is 18.7 Å². The van der Waals surface area contributed by atoms with Gasteiger partial charge in [0.05, 0.1) is 5.56 Å². The van der Waals surface area contributed by atoms with Crippen LogP contribution in [0.25, 0.3) is 0 Å². The number of aromatic nitrogens is 1. The second kappa shape index (κ2) is 7.78. The van der Waals surface area contributed by atoms with Gasteiger partial charge in [-0.15, -0.1) is 0 Å². The quantitative estimate of drug-likeness (QED) is 0.770. The largest absolute Gasteiger partial charge is 0.449 e. The lowest BCUT2D eigenvalue weighted by Crippen LogP contribution is -2.30. The van der Waals surface area contributed by atoms with Gasteiger partial charge in [0, 0.05) is 22.6 Å². The molecule has 1 atom stereocenters. The zero-order valence-corrected chi connectivity index (χ0v) is 16.3. The van der Waals surface area contributed by atoms with E-state index in [1.54, 1.807) is 12.3 Å². The Morgan fingerprint density at radius 3 is 2.36 bits per heavy atom. The normalized spacial score (nSPS) is 12.4. The molecule has 1 aromatic heterocycles. The lowest BCUT2D eigenvalue weighted by molar-refractivity contribution is -0.123. The molecule has 132 valence electrons. The topological polar surface area (TPSA) is 68.3 Å². The van der Waals surface area contributed by atoms with Gasteiger partial charge in [-0.25, -0.2) is 4.79 Å². The summed E-state index contributed by atoms with van der Waals surface area (Å²) in [5.41, 5.74) is 2.16. The summed E-state index contributed by atoms with van der Waals surface area (Å²) >= 11 is 3.24. The minimum Gasteiger partial charge on any atom is -0.449 e. The number of carbonyl (C=O) groups is 2. The molecule has 0 fully saturated rings. The maximum atomic E-state index is 12.2. The highest BCUT2D eigenvalue weighted by Gasteiger charge is 2.20. The Kier molecular flexibility index (Phi) is 5.95. The van der Waals surface area contributed by atoms with Gasteiger partial charge in [0.2, 0.25) is 0 Å². The maximum absolute atomic E-state index is 12.2. The van der Waals surface area contributed by atoms with E-state index < -0.39 is 12.1 Å². The highest BCUT2D eigenvalue weighted by atomic mass is 79.9. The van der Waals surface area contributed by atoms with Gasteiger partial charge < -0.3 is 10.1 Å². The first-order chi connectivity index (χ1) is 11.7. The number of hydrogen-bond donors (Lipinski definition) is 1. The summed E-state index contributed by atoms with van der Waals surface area (Å²) in [5.74, 6) is -0.987. The molecule has 0 spiro atoms. The van der Waals surface area contributed by atoms with E-state index in [0.29, 0.717) is 10.2 Å². The Morgan fingerprint density at radius 1 is 1.16 bits per heavy atom. The summed E-state index contributed by atoms with van der Waals surface area (Å²) in [6.07, 6.45) is 2.03. The van der Waals surface area contributed by atoms with Crippen LogP contribution in [0.5, 0.6) is 0 Å². The summed E-state index contributed by atoms with van der Waals surface area (Å²) in [5, 5.41) is 2.75. The maximum Gasteiger partial charge on any atom is 0.340 e. The third kappa shape index (κ3) is 5.39. The number of benzene rings is 1. The Balaban J connectivity index is 1.97. The Bertz CT molecular complexity index is 767. The number of anilines is 1. The van der Waals surface area contributed by atoms with Crippen molar-refractivity contribution in [3.63, 3.8) is 0 Å². The molecule has 0 radical (unpaired) electrons. The molecule has 0 aliphatic rings. The van der Waals surface area contributed by atoms with E-state index in [-0.39, 0.29) is 16.9 Å². The van der Waals surface area contributed by atoms with E-state index in [0.717, 1.165) is 0 Å². The average Bonchev–Trinajstić information content (AvgIpc) is 2.54. The van der Waals surface area contributed by atoms with Crippen LogP contribution in [-0.2, 0) is 14.9 Å². The molecule has 2 rings (SSSR count). The number of hydrogen-bond acceptors (Lipinski definition) is 4. The fourth-order valence-corrected chi connectivity index (χ4v) is 2.47. The van der Waals surface area contributed by atoms with Crippen molar-refractivity contribution in [2.75, 3.05) is 5.32 Å². The number of rotatable bonds is 4. The van der Waals surface area contributed by atoms with Crippen molar-refractivity contribution in [3.05, 3.63) is 58.3 Å². The minimum absolute atomic E-state index is 0.0450. The molecule has 0 bridgehead atoms. The smallest absolute Gasteiger partial charge is 0.340 e. The molecule has 0 saturated heterocycles. The Hall–Kier alpha value is -2.21. The van der Waals surface area contributed by atoms with Crippen LogP contribution in [0.2, 0.25) is 0 Å². The van der Waals surface area contributed by atoms with Crippen molar-refractivity contribution in [2.24, 2.45) is 0 Å². The van der Waals surface area contributed by atoms with Gasteiger partial charge in [0.15, 0.2) is 6.10 Å². The first-order valence-corrected chi connectivity index (χ1v) is 8.69. The number of nitrogens with one attached hydrogen (secondary N) is 1. The average molecular weight is 405 g/mol. The van der Waals surface area contributed by atoms with E-state index in [4.69, 9.17) is 4.74 Å². The zero-order valence-electron chi connectivity index (χ0n) is 14.7. The molecular formula is C19H21BrN2O3. The second-order valence-corrected chi connectivity index (χ2v) is 7.67. The van der Waals surface area contributed by atoms with Crippen molar-refractivity contribution < 1.29 is 14.3 Å². The van der Waals surface area contributed by atoms with Gasteiger partial charge in [0.1, 0.15) is 0 Å². The van der Waals surface area contributed by atoms with Gasteiger partial charge in [-0.2, -0.15) is 0 Å². The molecule has 0 aliphatic carbocycles. The van der Waals surface area contributed by atoms with Crippen LogP contribution in [0, 0.1) is 0 Å². The van der Waals surface area contributed by atoms with Crippen molar-refractivity contribution in [1.29, 1.82) is 0 Å². The SMILES string of the molecule is C[C@@H](OC(=O)c1cncc(Br)c1)C(=O)Nc1ccc(C(C)(C)C)cc1. The second-order valence-electron chi connectivity index (χ2n) is 6.76. The van der Waals surface area contributed by atoms with Gasteiger partial charge in [-0.1, -0.05) is 32.9 Å². The van der Waals surface area contributed by atoms with E-state index in [2.05, 4.69) is 47.0 Å². The fraction of sp³-hybridized carbons (Fsp3) is 0.316. The van der Waals surface area contributed by atoms with Crippen LogP contribution in [0.3, 0.4) is 0 Å². The summed E-state index contributed by atoms with van der Waals surface area (Å²) in [4.78, 5) is 28.2. The predicted molar refractivity (Wildman–Crippen MR) is 101 cm³/mol. The molecule has 0 saturated carbocycles. The van der Waals surface area contributed by atoms with Gasteiger partial charge >= 0.3 is 5.97 Å². The molecule has 5 nitrogen and oxygen atoms in total. The highest BCUT2D eigenvalue weighted by molar-refractivity contribution is 9.10. The van der Waals surface area contributed by atoms with Gasteiger partial charge in [-0.05, 0) is 52.0 Å². The van der Waals surface area contributed by atoms with Crippen molar-refractivity contribution in [2.45, 2.75) is 39.2 Å². The zero-order chi connectivity index (χ0) is 18.6. The lowest BCUT2D eigenvalue weighted by Gasteiger charge is -2.19. The molecule has 0 unspecified atom stereocenters. The third-order valence-electron chi connectivity index (χ3n) is 3.61. The standard InChI is InChI=1S/C19H21BrN2O3/c1-12(25-18(24)13-9-15(20)11-21-10-13)17(23)22-16-7-5-14(6-8-16)19(2,3)4/h5-12H,1-4H3,(H,22,23)/t12-/m1/s1. The van der Waals surface area contributed by atoms with Crippen LogP contribution in [0.1, 0.15) is 43.6 Å². The molecular weight excluding hydrogens is 384 g/mol. The third-order valence-corrected chi connectivity index (χ3v) is 4.05. The van der Waals surface area contributed by atoms with Crippen LogP contribution in [0.4, 0.5) is 5.69 Å². The van der Waals surface area contributed by atoms with Gasteiger partial charge in [-0.3, -0.25) is 9.78 Å². The van der Waals surface area contributed by atoms with Crippen molar-refractivity contribution in [1.82, 2.24) is 4.98 Å². The Labute approximate surface area is 155 Å². The molecule has 1 N–H and O–H groups in total. The Morgan fingerprint density at radius 2 is 1.80 bits per heavy atom. The van der Waals surface area contributed by atoms with Crippen molar-refractivity contribution in [3.8, 4) is 0 Å². The first-order valence-electron chi connectivity index (χ1n) is 7.90. The predicted octanol–water partition coefficient (Wildman–Crippen LogP) is 4.33. The van der Waals surface area contributed by atoms with Gasteiger partial charge in [0.25, 0.3) is 5.91 Å². The molecule has 1 heterocycles. The molecule has 6 heteroatoms. The molecule has 1 amide bonds. The van der Waals surface area contributed by atoms with E-state index in [9.17, 15) is 9.59 Å². The minimum atomic E-state index is -0.922. The molecule has 2 aromatic rings. The number of ether oxygens (including phenoxy) is 1. The summed E-state index contributed by atoms with van der Waals surface area (Å²) in [6, 6.07) is 9.21. The van der Waals surface area contributed by atoms with Crippen molar-refractivity contribution >= 4 is 33.5 Å².